The van der Waals surface area contributed by atoms with E-state index >= 15 is 0 Å². The Morgan fingerprint density at radius 2 is 1.79 bits per heavy atom. The number of benzene rings is 1. The van der Waals surface area contributed by atoms with Gasteiger partial charge < -0.3 is 4.98 Å². The lowest BCUT2D eigenvalue weighted by Gasteiger charge is -2.07. The first-order chi connectivity index (χ1) is 11.7. The summed E-state index contributed by atoms with van der Waals surface area (Å²) in [6.07, 6.45) is 8.55. The molecule has 0 aliphatic heterocycles. The molecule has 0 spiro atoms. The van der Waals surface area contributed by atoms with Crippen LogP contribution in [0.4, 0.5) is 0 Å². The van der Waals surface area contributed by atoms with Gasteiger partial charge in [-0.1, -0.05) is 23.8 Å². The minimum atomic E-state index is -0.226. The summed E-state index contributed by atoms with van der Waals surface area (Å²) >= 11 is 0. The highest BCUT2D eigenvalue weighted by molar-refractivity contribution is 5.92. The van der Waals surface area contributed by atoms with Crippen LogP contribution in [0, 0.1) is 11.8 Å². The van der Waals surface area contributed by atoms with Crippen molar-refractivity contribution in [3.05, 3.63) is 47.7 Å². The molecule has 2 saturated carbocycles. The maximum Gasteiger partial charge on any atom is 0.262 e. The molecule has 1 heterocycles. The van der Waals surface area contributed by atoms with Crippen LogP contribution in [0.25, 0.3) is 10.9 Å². The average Bonchev–Trinajstić information content (AvgIpc) is 3.50. The Morgan fingerprint density at radius 1 is 1.08 bits per heavy atom. The maximum atomic E-state index is 12.1. The van der Waals surface area contributed by atoms with Gasteiger partial charge in [-0.05, 0) is 49.1 Å². The number of allylic oxidation sites excluding steroid dienone is 1. The second-order valence-electron chi connectivity index (χ2n) is 6.77. The first-order valence-corrected chi connectivity index (χ1v) is 8.56. The molecule has 2 fully saturated rings. The summed E-state index contributed by atoms with van der Waals surface area (Å²) in [5.74, 6) is 0.757. The van der Waals surface area contributed by atoms with Gasteiger partial charge >= 0.3 is 0 Å². The van der Waals surface area contributed by atoms with Gasteiger partial charge in [0.15, 0.2) is 0 Å². The smallest absolute Gasteiger partial charge is 0.262 e. The highest BCUT2D eigenvalue weighted by Crippen LogP contribution is 2.48. The van der Waals surface area contributed by atoms with Gasteiger partial charge in [0.25, 0.3) is 5.91 Å². The third kappa shape index (κ3) is 3.35. The van der Waals surface area contributed by atoms with Gasteiger partial charge in [-0.25, -0.2) is 0 Å². The van der Waals surface area contributed by atoms with Crippen LogP contribution in [0.5, 0.6) is 0 Å². The number of hydrazine groups is 1. The van der Waals surface area contributed by atoms with E-state index in [0.29, 0.717) is 11.8 Å². The SMILES string of the molecule is O=C(C=C(C1CC1)C1CC1)NNC(=O)Cc1c[nH]c2ccccc12. The zero-order valence-electron chi connectivity index (χ0n) is 13.5. The number of amides is 2. The molecular formula is C19H21N3O2. The van der Waals surface area contributed by atoms with Gasteiger partial charge in [-0.3, -0.25) is 20.4 Å². The number of rotatable bonds is 5. The van der Waals surface area contributed by atoms with Crippen LogP contribution < -0.4 is 10.9 Å². The van der Waals surface area contributed by atoms with Crippen molar-refractivity contribution in [2.75, 3.05) is 0 Å². The molecule has 5 nitrogen and oxygen atoms in total. The predicted molar refractivity (Wildman–Crippen MR) is 91.8 cm³/mol. The van der Waals surface area contributed by atoms with Crippen LogP contribution in [0.1, 0.15) is 31.2 Å². The number of carbonyl (C=O) groups is 2. The van der Waals surface area contributed by atoms with Gasteiger partial charge in [0.1, 0.15) is 0 Å². The number of hydrogen-bond donors (Lipinski definition) is 3. The Kier molecular flexibility index (Phi) is 3.84. The Hall–Kier alpha value is -2.56. The summed E-state index contributed by atoms with van der Waals surface area (Å²) in [5, 5.41) is 1.03. The van der Waals surface area contributed by atoms with Crippen LogP contribution in [-0.2, 0) is 16.0 Å². The molecular weight excluding hydrogens is 302 g/mol. The lowest BCUT2D eigenvalue weighted by Crippen LogP contribution is -2.41. The molecule has 5 heteroatoms. The Morgan fingerprint density at radius 3 is 2.50 bits per heavy atom. The van der Waals surface area contributed by atoms with E-state index in [1.54, 1.807) is 6.08 Å². The summed E-state index contributed by atoms with van der Waals surface area (Å²) in [7, 11) is 0. The van der Waals surface area contributed by atoms with Crippen molar-refractivity contribution >= 4 is 22.7 Å². The number of H-pyrrole nitrogens is 1. The van der Waals surface area contributed by atoms with Crippen LogP contribution in [0.2, 0.25) is 0 Å². The number of fused-ring (bicyclic) bond motifs is 1. The topological polar surface area (TPSA) is 74.0 Å². The standard InChI is InChI=1S/C19H21N3O2/c23-18(9-14-11-20-17-4-2-1-3-15(14)17)21-22-19(24)10-16(12-5-6-12)13-7-8-13/h1-4,10-13,20H,5-9H2,(H,21,23)(H,22,24). The molecule has 0 atom stereocenters. The molecule has 124 valence electrons. The lowest BCUT2D eigenvalue weighted by atomic mass is 10.1. The molecule has 2 amide bonds. The zero-order valence-corrected chi connectivity index (χ0v) is 13.5. The second-order valence-corrected chi connectivity index (χ2v) is 6.77. The zero-order chi connectivity index (χ0) is 16.5. The lowest BCUT2D eigenvalue weighted by molar-refractivity contribution is -0.126. The fourth-order valence-corrected chi connectivity index (χ4v) is 3.22. The van der Waals surface area contributed by atoms with Crippen molar-refractivity contribution in [1.82, 2.24) is 15.8 Å². The van der Waals surface area contributed by atoms with Gasteiger partial charge in [0.2, 0.25) is 5.91 Å². The monoisotopic (exact) mass is 323 g/mol. The molecule has 24 heavy (non-hydrogen) atoms. The Labute approximate surface area is 140 Å². The summed E-state index contributed by atoms with van der Waals surface area (Å²) in [6, 6.07) is 7.85. The van der Waals surface area contributed by atoms with Gasteiger partial charge in [-0.15, -0.1) is 0 Å². The van der Waals surface area contributed by atoms with Crippen LogP contribution in [0.3, 0.4) is 0 Å². The van der Waals surface area contributed by atoms with E-state index in [0.717, 1.165) is 16.5 Å². The normalized spacial score (nSPS) is 16.7. The van der Waals surface area contributed by atoms with Crippen molar-refractivity contribution in [3.63, 3.8) is 0 Å². The predicted octanol–water partition coefficient (Wildman–Crippen LogP) is 2.60. The fraction of sp³-hybridized carbons (Fsp3) is 0.368. The Bertz CT molecular complexity index is 799. The molecule has 1 aromatic heterocycles. The molecule has 2 aliphatic rings. The van der Waals surface area contributed by atoms with Crippen molar-refractivity contribution in [1.29, 1.82) is 0 Å². The van der Waals surface area contributed by atoms with E-state index in [4.69, 9.17) is 0 Å². The largest absolute Gasteiger partial charge is 0.361 e. The molecule has 0 saturated heterocycles. The highest BCUT2D eigenvalue weighted by atomic mass is 16.2. The number of hydrogen-bond acceptors (Lipinski definition) is 2. The fourth-order valence-electron chi connectivity index (χ4n) is 3.22. The Balaban J connectivity index is 1.33. The van der Waals surface area contributed by atoms with E-state index in [1.807, 2.05) is 30.5 Å². The minimum absolute atomic E-state index is 0.221. The summed E-state index contributed by atoms with van der Waals surface area (Å²) in [4.78, 5) is 27.3. The first kappa shape index (κ1) is 15.0. The van der Waals surface area contributed by atoms with Crippen molar-refractivity contribution in [2.24, 2.45) is 11.8 Å². The molecule has 0 unspecified atom stereocenters. The number of para-hydroxylation sites is 1. The summed E-state index contributed by atoms with van der Waals surface area (Å²) < 4.78 is 0. The van der Waals surface area contributed by atoms with Crippen LogP contribution >= 0.6 is 0 Å². The maximum absolute atomic E-state index is 12.1. The first-order valence-electron chi connectivity index (χ1n) is 8.56. The van der Waals surface area contributed by atoms with Gasteiger partial charge in [-0.2, -0.15) is 0 Å². The molecule has 1 aromatic carbocycles. The average molecular weight is 323 g/mol. The number of nitrogens with one attached hydrogen (secondary N) is 3. The third-order valence-corrected chi connectivity index (χ3v) is 4.75. The van der Waals surface area contributed by atoms with Crippen LogP contribution in [0.15, 0.2) is 42.1 Å². The number of aromatic amines is 1. The van der Waals surface area contributed by atoms with E-state index in [-0.39, 0.29) is 18.2 Å². The minimum Gasteiger partial charge on any atom is -0.361 e. The summed E-state index contributed by atoms with van der Waals surface area (Å²) in [5.41, 5.74) is 8.23. The van der Waals surface area contributed by atoms with Gasteiger partial charge in [0, 0.05) is 23.2 Å². The van der Waals surface area contributed by atoms with Crippen molar-refractivity contribution in [3.8, 4) is 0 Å². The molecule has 0 radical (unpaired) electrons. The highest BCUT2D eigenvalue weighted by Gasteiger charge is 2.36. The number of carbonyl (C=O) groups excluding carboxylic acids is 2. The number of aromatic nitrogens is 1. The van der Waals surface area contributed by atoms with E-state index in [2.05, 4.69) is 15.8 Å². The van der Waals surface area contributed by atoms with E-state index in [9.17, 15) is 9.59 Å². The molecule has 4 rings (SSSR count). The molecule has 0 bridgehead atoms. The van der Waals surface area contributed by atoms with Gasteiger partial charge in [0.05, 0.1) is 6.42 Å². The van der Waals surface area contributed by atoms with Crippen molar-refractivity contribution in [2.45, 2.75) is 32.1 Å². The van der Waals surface area contributed by atoms with Crippen molar-refractivity contribution < 1.29 is 9.59 Å². The van der Waals surface area contributed by atoms with E-state index in [1.165, 1.54) is 31.3 Å². The van der Waals surface area contributed by atoms with Crippen LogP contribution in [-0.4, -0.2) is 16.8 Å². The summed E-state index contributed by atoms with van der Waals surface area (Å²) in [6.45, 7) is 0. The van der Waals surface area contributed by atoms with E-state index < -0.39 is 0 Å². The molecule has 2 aliphatic carbocycles. The molecule has 3 N–H and O–H groups in total. The molecule has 2 aromatic rings. The third-order valence-electron chi connectivity index (χ3n) is 4.75. The second kappa shape index (κ2) is 6.15. The quantitative estimate of drug-likeness (QED) is 0.584.